The third kappa shape index (κ3) is 5.96. The molecule has 1 saturated carbocycles. The maximum atomic E-state index is 12.1. The van der Waals surface area contributed by atoms with Gasteiger partial charge < -0.3 is 11.1 Å². The second kappa shape index (κ2) is 8.83. The number of hydrogen-bond acceptors (Lipinski definition) is 3. The molecule has 0 heterocycles. The lowest BCUT2D eigenvalue weighted by atomic mass is 10.2. The van der Waals surface area contributed by atoms with Crippen LogP contribution in [0.5, 0.6) is 0 Å². The first-order valence-electron chi connectivity index (χ1n) is 8.17. The van der Waals surface area contributed by atoms with Crippen molar-refractivity contribution in [1.82, 2.24) is 4.72 Å². The largest absolute Gasteiger partial charge is 0.370 e. The number of benzene rings is 2. The molecule has 0 amide bonds. The van der Waals surface area contributed by atoms with E-state index in [1.165, 1.54) is 0 Å². The highest BCUT2D eigenvalue weighted by Gasteiger charge is 2.27. The molecule has 1 aliphatic carbocycles. The van der Waals surface area contributed by atoms with Gasteiger partial charge in [0.1, 0.15) is 0 Å². The highest BCUT2D eigenvalue weighted by atomic mass is 127. The molecule has 2 aromatic carbocycles. The molecule has 140 valence electrons. The molecular formula is C18H23IN4O2S. The van der Waals surface area contributed by atoms with Crippen LogP contribution in [0.3, 0.4) is 0 Å². The van der Waals surface area contributed by atoms with Crippen molar-refractivity contribution in [3.63, 3.8) is 0 Å². The third-order valence-electron chi connectivity index (χ3n) is 3.86. The Balaban J connectivity index is 0.00000243. The van der Waals surface area contributed by atoms with Gasteiger partial charge >= 0.3 is 0 Å². The normalized spacial score (nSPS) is 14.6. The molecule has 1 fully saturated rings. The Labute approximate surface area is 171 Å². The van der Waals surface area contributed by atoms with Gasteiger partial charge in [-0.05, 0) is 55.2 Å². The monoisotopic (exact) mass is 486 g/mol. The molecule has 6 nitrogen and oxygen atoms in total. The van der Waals surface area contributed by atoms with Gasteiger partial charge in [-0.25, -0.2) is 18.1 Å². The molecule has 0 unspecified atom stereocenters. The SMILES string of the molecule is Cc1cccc(NC(N)=NCc2ccc(S(=O)(=O)NC3CC3)cc2)c1.I. The molecule has 0 atom stereocenters. The third-order valence-corrected chi connectivity index (χ3v) is 5.39. The van der Waals surface area contributed by atoms with Gasteiger partial charge in [-0.1, -0.05) is 24.3 Å². The number of aliphatic imine (C=N–C) groups is 1. The molecule has 0 aromatic heterocycles. The van der Waals surface area contributed by atoms with Crippen molar-refractivity contribution in [3.8, 4) is 0 Å². The van der Waals surface area contributed by atoms with Gasteiger partial charge in [0.2, 0.25) is 10.0 Å². The van der Waals surface area contributed by atoms with E-state index in [2.05, 4.69) is 15.0 Å². The summed E-state index contributed by atoms with van der Waals surface area (Å²) in [5.74, 6) is 0.317. The van der Waals surface area contributed by atoms with Gasteiger partial charge in [0.15, 0.2) is 5.96 Å². The van der Waals surface area contributed by atoms with Gasteiger partial charge in [-0.15, -0.1) is 24.0 Å². The number of nitrogens with zero attached hydrogens (tertiary/aromatic N) is 1. The van der Waals surface area contributed by atoms with Gasteiger partial charge in [-0.2, -0.15) is 0 Å². The quantitative estimate of drug-likeness (QED) is 0.332. The zero-order chi connectivity index (χ0) is 17.9. The minimum absolute atomic E-state index is 0. The van der Waals surface area contributed by atoms with E-state index in [1.807, 2.05) is 31.2 Å². The Morgan fingerprint density at radius 2 is 1.88 bits per heavy atom. The van der Waals surface area contributed by atoms with E-state index in [1.54, 1.807) is 24.3 Å². The summed E-state index contributed by atoms with van der Waals surface area (Å²) in [6.07, 6.45) is 1.83. The predicted octanol–water partition coefficient (Wildman–Crippen LogP) is 2.98. The second-order valence-corrected chi connectivity index (χ2v) is 7.95. The number of anilines is 1. The molecule has 8 heteroatoms. The van der Waals surface area contributed by atoms with Crippen LogP contribution in [-0.4, -0.2) is 20.4 Å². The van der Waals surface area contributed by atoms with Crippen molar-refractivity contribution in [2.75, 3.05) is 5.32 Å². The van der Waals surface area contributed by atoms with E-state index in [-0.39, 0.29) is 34.9 Å². The summed E-state index contributed by atoms with van der Waals surface area (Å²) in [6.45, 7) is 2.38. The van der Waals surface area contributed by atoms with Crippen molar-refractivity contribution < 1.29 is 8.42 Å². The smallest absolute Gasteiger partial charge is 0.240 e. The van der Waals surface area contributed by atoms with Crippen molar-refractivity contribution in [2.45, 2.75) is 37.2 Å². The van der Waals surface area contributed by atoms with Gasteiger partial charge in [0, 0.05) is 11.7 Å². The Kier molecular flexibility index (Phi) is 7.01. The predicted molar refractivity (Wildman–Crippen MR) is 115 cm³/mol. The highest BCUT2D eigenvalue weighted by molar-refractivity contribution is 14.0. The van der Waals surface area contributed by atoms with Crippen LogP contribution in [0.1, 0.15) is 24.0 Å². The summed E-state index contributed by atoms with van der Waals surface area (Å²) < 4.78 is 26.9. The number of nitrogens with two attached hydrogens (primary N) is 1. The Hall–Kier alpha value is -1.65. The van der Waals surface area contributed by atoms with Crippen LogP contribution in [0, 0.1) is 6.92 Å². The van der Waals surface area contributed by atoms with Crippen LogP contribution in [0.15, 0.2) is 58.4 Å². The van der Waals surface area contributed by atoms with Gasteiger partial charge in [0.25, 0.3) is 0 Å². The molecular weight excluding hydrogens is 463 g/mol. The van der Waals surface area contributed by atoms with Crippen molar-refractivity contribution in [1.29, 1.82) is 0 Å². The Bertz CT molecular complexity index is 878. The second-order valence-electron chi connectivity index (χ2n) is 6.24. The molecule has 0 bridgehead atoms. The topological polar surface area (TPSA) is 96.6 Å². The van der Waals surface area contributed by atoms with Crippen LogP contribution >= 0.6 is 24.0 Å². The van der Waals surface area contributed by atoms with Gasteiger partial charge in [-0.3, -0.25) is 0 Å². The standard InChI is InChI=1S/C18H22N4O2S.HI/c1-13-3-2-4-16(11-13)21-18(19)20-12-14-5-9-17(10-6-14)25(23,24)22-15-7-8-15;/h2-6,9-11,15,22H,7-8,12H2,1H3,(H3,19,20,21);1H. The van der Waals surface area contributed by atoms with E-state index < -0.39 is 10.0 Å². The number of guanidine groups is 1. The molecule has 2 aromatic rings. The molecule has 1 aliphatic rings. The Morgan fingerprint density at radius 1 is 1.19 bits per heavy atom. The summed E-state index contributed by atoms with van der Waals surface area (Å²) in [5.41, 5.74) is 8.80. The van der Waals surface area contributed by atoms with E-state index in [4.69, 9.17) is 5.73 Å². The van der Waals surface area contributed by atoms with Crippen LogP contribution in [0.25, 0.3) is 0 Å². The minimum Gasteiger partial charge on any atom is -0.370 e. The summed E-state index contributed by atoms with van der Waals surface area (Å²) >= 11 is 0. The molecule has 0 aliphatic heterocycles. The molecule has 0 radical (unpaired) electrons. The number of nitrogens with one attached hydrogen (secondary N) is 2. The zero-order valence-corrected chi connectivity index (χ0v) is 17.6. The van der Waals surface area contributed by atoms with Crippen molar-refractivity contribution >= 4 is 45.6 Å². The van der Waals surface area contributed by atoms with Gasteiger partial charge in [0.05, 0.1) is 11.4 Å². The Morgan fingerprint density at radius 3 is 2.50 bits per heavy atom. The van der Waals surface area contributed by atoms with E-state index in [9.17, 15) is 8.42 Å². The van der Waals surface area contributed by atoms with Crippen LogP contribution in [0.2, 0.25) is 0 Å². The lowest BCUT2D eigenvalue weighted by molar-refractivity contribution is 0.581. The zero-order valence-electron chi connectivity index (χ0n) is 14.5. The average molecular weight is 486 g/mol. The molecule has 26 heavy (non-hydrogen) atoms. The van der Waals surface area contributed by atoms with Crippen molar-refractivity contribution in [3.05, 3.63) is 59.7 Å². The maximum absolute atomic E-state index is 12.1. The van der Waals surface area contributed by atoms with E-state index in [0.29, 0.717) is 12.5 Å². The first-order valence-corrected chi connectivity index (χ1v) is 9.65. The number of aryl methyl sites for hydroxylation is 1. The van der Waals surface area contributed by atoms with E-state index in [0.717, 1.165) is 29.7 Å². The summed E-state index contributed by atoms with van der Waals surface area (Å²) in [4.78, 5) is 4.56. The highest BCUT2D eigenvalue weighted by Crippen LogP contribution is 2.22. The fourth-order valence-corrected chi connectivity index (χ4v) is 3.65. The van der Waals surface area contributed by atoms with Crippen LogP contribution in [0.4, 0.5) is 5.69 Å². The molecule has 0 spiro atoms. The fraction of sp³-hybridized carbons (Fsp3) is 0.278. The maximum Gasteiger partial charge on any atom is 0.240 e. The minimum atomic E-state index is -3.41. The number of halogens is 1. The lowest BCUT2D eigenvalue weighted by Crippen LogP contribution is -2.25. The number of rotatable bonds is 6. The number of hydrogen-bond donors (Lipinski definition) is 3. The fourth-order valence-electron chi connectivity index (χ4n) is 2.35. The van der Waals surface area contributed by atoms with Crippen molar-refractivity contribution in [2.24, 2.45) is 10.7 Å². The number of sulfonamides is 1. The van der Waals surface area contributed by atoms with Crippen LogP contribution < -0.4 is 15.8 Å². The molecule has 0 saturated heterocycles. The average Bonchev–Trinajstić information content (AvgIpc) is 3.37. The van der Waals surface area contributed by atoms with Crippen LogP contribution in [-0.2, 0) is 16.6 Å². The molecule has 3 rings (SSSR count). The summed E-state index contributed by atoms with van der Waals surface area (Å²) in [7, 11) is -3.41. The molecule has 4 N–H and O–H groups in total. The van der Waals surface area contributed by atoms with E-state index >= 15 is 0 Å². The summed E-state index contributed by atoms with van der Waals surface area (Å²) in [5, 5.41) is 3.04. The lowest BCUT2D eigenvalue weighted by Gasteiger charge is -2.07. The first kappa shape index (κ1) is 20.7. The summed E-state index contributed by atoms with van der Waals surface area (Å²) in [6, 6.07) is 14.7. The first-order chi connectivity index (χ1) is 11.9.